The Hall–Kier alpha value is -3.31. The zero-order valence-electron chi connectivity index (χ0n) is 13.7. The van der Waals surface area contributed by atoms with E-state index in [1.165, 1.54) is 11.3 Å². The van der Waals surface area contributed by atoms with Gasteiger partial charge in [-0.1, -0.05) is 6.07 Å². The maximum Gasteiger partial charge on any atom is 0.353 e. The summed E-state index contributed by atoms with van der Waals surface area (Å²) in [6.07, 6.45) is 6.97. The molecule has 0 amide bonds. The van der Waals surface area contributed by atoms with Crippen molar-refractivity contribution in [3.8, 4) is 28.0 Å². The van der Waals surface area contributed by atoms with Gasteiger partial charge in [0.15, 0.2) is 0 Å². The first-order chi connectivity index (χ1) is 12.8. The largest absolute Gasteiger partial charge is 0.422 e. The Morgan fingerprint density at radius 3 is 1.85 bits per heavy atom. The molecule has 0 saturated heterocycles. The van der Waals surface area contributed by atoms with Crippen molar-refractivity contribution in [2.24, 2.45) is 0 Å². The van der Waals surface area contributed by atoms with Crippen LogP contribution in [0.1, 0.15) is 9.67 Å². The molecule has 0 aliphatic rings. The van der Waals surface area contributed by atoms with Crippen molar-refractivity contribution < 1.29 is 9.53 Å². The highest BCUT2D eigenvalue weighted by atomic mass is 32.1. The predicted molar refractivity (Wildman–Crippen MR) is 102 cm³/mol. The first-order valence-electron chi connectivity index (χ1n) is 8.01. The fourth-order valence-corrected chi connectivity index (χ4v) is 3.23. The molecule has 0 fully saturated rings. The van der Waals surface area contributed by atoms with E-state index in [1.54, 1.807) is 30.9 Å². The van der Waals surface area contributed by atoms with Crippen LogP contribution in [0.25, 0.3) is 22.3 Å². The van der Waals surface area contributed by atoms with Crippen LogP contribution in [0.15, 0.2) is 84.8 Å². The van der Waals surface area contributed by atoms with E-state index in [1.807, 2.05) is 47.8 Å². The average Bonchev–Trinajstić information content (AvgIpc) is 3.24. The summed E-state index contributed by atoms with van der Waals surface area (Å²) < 4.78 is 5.62. The van der Waals surface area contributed by atoms with Gasteiger partial charge in [-0.3, -0.25) is 9.97 Å². The molecule has 26 heavy (non-hydrogen) atoms. The number of benzene rings is 1. The van der Waals surface area contributed by atoms with Crippen LogP contribution >= 0.6 is 11.3 Å². The third-order valence-corrected chi connectivity index (χ3v) is 4.72. The molecule has 0 N–H and O–H groups in total. The topological polar surface area (TPSA) is 52.1 Å². The number of esters is 1. The molecule has 4 aromatic rings. The summed E-state index contributed by atoms with van der Waals surface area (Å²) in [6, 6.07) is 17.1. The molecule has 0 radical (unpaired) electrons. The molecule has 0 saturated carbocycles. The van der Waals surface area contributed by atoms with Crippen LogP contribution in [0, 0.1) is 0 Å². The van der Waals surface area contributed by atoms with E-state index in [9.17, 15) is 4.79 Å². The summed E-state index contributed by atoms with van der Waals surface area (Å²) >= 11 is 1.36. The molecule has 3 aromatic heterocycles. The van der Waals surface area contributed by atoms with E-state index in [2.05, 4.69) is 16.0 Å². The maximum atomic E-state index is 12.3. The number of carbonyl (C=O) groups is 1. The number of aromatic nitrogens is 2. The molecule has 126 valence electrons. The summed E-state index contributed by atoms with van der Waals surface area (Å²) in [6.45, 7) is 0. The second-order valence-electron chi connectivity index (χ2n) is 5.58. The summed E-state index contributed by atoms with van der Waals surface area (Å²) in [5, 5.41) is 1.85. The Labute approximate surface area is 154 Å². The molecule has 0 spiro atoms. The highest BCUT2D eigenvalue weighted by molar-refractivity contribution is 7.12. The SMILES string of the molecule is O=C(Oc1cc(-c2ccncc2)cc(-c2ccncc2)c1)c1cccs1. The Bertz CT molecular complexity index is 959. The van der Waals surface area contributed by atoms with Crippen LogP contribution in [0.4, 0.5) is 0 Å². The lowest BCUT2D eigenvalue weighted by Crippen LogP contribution is -2.06. The van der Waals surface area contributed by atoms with E-state index in [-0.39, 0.29) is 5.97 Å². The van der Waals surface area contributed by atoms with E-state index < -0.39 is 0 Å². The number of nitrogens with zero attached hydrogens (tertiary/aromatic N) is 2. The fourth-order valence-electron chi connectivity index (χ4n) is 2.63. The number of rotatable bonds is 4. The highest BCUT2D eigenvalue weighted by Crippen LogP contribution is 2.31. The fraction of sp³-hybridized carbons (Fsp3) is 0. The summed E-state index contributed by atoms with van der Waals surface area (Å²) in [5.41, 5.74) is 3.92. The zero-order valence-corrected chi connectivity index (χ0v) is 14.5. The van der Waals surface area contributed by atoms with Gasteiger partial charge < -0.3 is 4.74 Å². The van der Waals surface area contributed by atoms with Crippen molar-refractivity contribution in [3.63, 3.8) is 0 Å². The number of carbonyl (C=O) groups excluding carboxylic acids is 1. The molecule has 3 heterocycles. The molecule has 4 rings (SSSR count). The van der Waals surface area contributed by atoms with Crippen molar-refractivity contribution in [1.29, 1.82) is 0 Å². The Morgan fingerprint density at radius 1 is 0.769 bits per heavy atom. The van der Waals surface area contributed by atoms with Crippen molar-refractivity contribution in [2.75, 3.05) is 0 Å². The third kappa shape index (κ3) is 3.53. The third-order valence-electron chi connectivity index (χ3n) is 3.87. The van der Waals surface area contributed by atoms with Gasteiger partial charge in [0, 0.05) is 24.8 Å². The maximum absolute atomic E-state index is 12.3. The second kappa shape index (κ2) is 7.29. The number of hydrogen-bond acceptors (Lipinski definition) is 5. The van der Waals surface area contributed by atoms with Crippen molar-refractivity contribution in [2.45, 2.75) is 0 Å². The molecule has 0 unspecified atom stereocenters. The van der Waals surface area contributed by atoms with Gasteiger partial charge in [0.05, 0.1) is 0 Å². The average molecular weight is 358 g/mol. The molecule has 4 nitrogen and oxygen atoms in total. The van der Waals surface area contributed by atoms with Crippen molar-refractivity contribution in [1.82, 2.24) is 9.97 Å². The van der Waals surface area contributed by atoms with Gasteiger partial charge in [0.1, 0.15) is 10.6 Å². The minimum Gasteiger partial charge on any atom is -0.422 e. The summed E-state index contributed by atoms with van der Waals surface area (Å²) in [5.74, 6) is 0.150. The minimum absolute atomic E-state index is 0.354. The van der Waals surface area contributed by atoms with Gasteiger partial charge in [-0.25, -0.2) is 4.79 Å². The first-order valence-corrected chi connectivity index (χ1v) is 8.89. The van der Waals surface area contributed by atoms with Gasteiger partial charge in [0.2, 0.25) is 0 Å². The molecular formula is C21H14N2O2S. The summed E-state index contributed by atoms with van der Waals surface area (Å²) in [4.78, 5) is 21.0. The standard InChI is InChI=1S/C21H14N2O2S/c24-21(20-2-1-11-26-20)25-19-13-17(15-3-7-22-8-4-15)12-18(14-19)16-5-9-23-10-6-16/h1-14H. The van der Waals surface area contributed by atoms with Crippen LogP contribution in [0.2, 0.25) is 0 Å². The number of hydrogen-bond donors (Lipinski definition) is 0. The van der Waals surface area contributed by atoms with Gasteiger partial charge >= 0.3 is 5.97 Å². The van der Waals surface area contributed by atoms with Crippen LogP contribution in [0.3, 0.4) is 0 Å². The lowest BCUT2D eigenvalue weighted by atomic mass is 10.00. The smallest absolute Gasteiger partial charge is 0.353 e. The second-order valence-corrected chi connectivity index (χ2v) is 6.53. The van der Waals surface area contributed by atoms with E-state index in [0.717, 1.165) is 22.3 Å². The number of thiophene rings is 1. The Kier molecular flexibility index (Phi) is 4.53. The van der Waals surface area contributed by atoms with Crippen molar-refractivity contribution in [3.05, 3.63) is 89.6 Å². The van der Waals surface area contributed by atoms with Crippen LogP contribution < -0.4 is 4.74 Å². The zero-order chi connectivity index (χ0) is 17.8. The molecule has 5 heteroatoms. The van der Waals surface area contributed by atoms with Gasteiger partial charge in [0.25, 0.3) is 0 Å². The van der Waals surface area contributed by atoms with Crippen molar-refractivity contribution >= 4 is 17.3 Å². The normalized spacial score (nSPS) is 10.5. The molecule has 0 aliphatic carbocycles. The monoisotopic (exact) mass is 358 g/mol. The van der Waals surface area contributed by atoms with E-state index >= 15 is 0 Å². The van der Waals surface area contributed by atoms with Gasteiger partial charge in [-0.15, -0.1) is 11.3 Å². The molecule has 1 aromatic carbocycles. The predicted octanol–water partition coefficient (Wildman–Crippen LogP) is 5.09. The molecule has 0 aliphatic heterocycles. The number of pyridine rings is 2. The van der Waals surface area contributed by atoms with Crippen LogP contribution in [0.5, 0.6) is 5.75 Å². The first kappa shape index (κ1) is 16.2. The Balaban J connectivity index is 1.76. The van der Waals surface area contributed by atoms with Gasteiger partial charge in [-0.05, 0) is 76.2 Å². The van der Waals surface area contributed by atoms with Gasteiger partial charge in [-0.2, -0.15) is 0 Å². The quantitative estimate of drug-likeness (QED) is 0.377. The lowest BCUT2D eigenvalue weighted by molar-refractivity contribution is 0.0740. The minimum atomic E-state index is -0.354. The molecule has 0 bridgehead atoms. The lowest BCUT2D eigenvalue weighted by Gasteiger charge is -2.10. The molecular weight excluding hydrogens is 344 g/mol. The van der Waals surface area contributed by atoms with E-state index in [4.69, 9.17) is 4.74 Å². The van der Waals surface area contributed by atoms with E-state index in [0.29, 0.717) is 10.6 Å². The highest BCUT2D eigenvalue weighted by Gasteiger charge is 2.12. The Morgan fingerprint density at radius 2 is 1.35 bits per heavy atom. The van der Waals surface area contributed by atoms with Crippen LogP contribution in [-0.2, 0) is 0 Å². The number of ether oxygens (including phenoxy) is 1. The molecule has 0 atom stereocenters. The summed E-state index contributed by atoms with van der Waals surface area (Å²) in [7, 11) is 0. The van der Waals surface area contributed by atoms with Crippen LogP contribution in [-0.4, -0.2) is 15.9 Å².